The molecule has 0 radical (unpaired) electrons. The first-order valence-electron chi connectivity index (χ1n) is 5.50. The van der Waals surface area contributed by atoms with Crippen molar-refractivity contribution in [3.05, 3.63) is 0 Å². The molecular formula is C10H20Cl2F2N2. The van der Waals surface area contributed by atoms with Crippen molar-refractivity contribution in [2.45, 2.75) is 37.6 Å². The second-order valence-corrected chi connectivity index (χ2v) is 4.41. The molecule has 0 aromatic rings. The van der Waals surface area contributed by atoms with Crippen molar-refractivity contribution in [3.8, 4) is 0 Å². The molecule has 0 amide bonds. The van der Waals surface area contributed by atoms with Crippen molar-refractivity contribution in [3.63, 3.8) is 0 Å². The number of hydrogen-bond acceptors (Lipinski definition) is 2. The van der Waals surface area contributed by atoms with Gasteiger partial charge in [0.05, 0.1) is 6.54 Å². The van der Waals surface area contributed by atoms with Crippen LogP contribution in [0.25, 0.3) is 0 Å². The van der Waals surface area contributed by atoms with Crippen LogP contribution in [0, 0.1) is 0 Å². The van der Waals surface area contributed by atoms with Gasteiger partial charge in [0, 0.05) is 12.5 Å². The van der Waals surface area contributed by atoms with Gasteiger partial charge in [-0.3, -0.25) is 4.90 Å². The van der Waals surface area contributed by atoms with Crippen LogP contribution in [0.2, 0.25) is 0 Å². The lowest BCUT2D eigenvalue weighted by Gasteiger charge is -2.39. The number of alkyl halides is 2. The Hall–Kier alpha value is 0.360. The van der Waals surface area contributed by atoms with E-state index >= 15 is 0 Å². The molecule has 2 rings (SSSR count). The molecule has 2 aliphatic rings. The van der Waals surface area contributed by atoms with Crippen molar-refractivity contribution in [2.24, 2.45) is 0 Å². The molecule has 0 bridgehead atoms. The van der Waals surface area contributed by atoms with Crippen LogP contribution < -0.4 is 5.32 Å². The zero-order chi connectivity index (χ0) is 10.0. The number of nitrogens with one attached hydrogen (secondary N) is 1. The monoisotopic (exact) mass is 276 g/mol. The zero-order valence-corrected chi connectivity index (χ0v) is 10.9. The molecule has 0 atom stereocenters. The Kier molecular flexibility index (Phi) is 7.10. The molecule has 2 aliphatic heterocycles. The van der Waals surface area contributed by atoms with Crippen LogP contribution in [-0.2, 0) is 0 Å². The van der Waals surface area contributed by atoms with Crippen LogP contribution in [0.3, 0.4) is 0 Å². The smallest absolute Gasteiger partial charge is 0.260 e. The van der Waals surface area contributed by atoms with E-state index < -0.39 is 5.92 Å². The normalized spacial score (nSPS) is 26.6. The van der Waals surface area contributed by atoms with E-state index in [-0.39, 0.29) is 37.8 Å². The van der Waals surface area contributed by atoms with Crippen LogP contribution in [0.5, 0.6) is 0 Å². The third kappa shape index (κ3) is 4.32. The molecule has 0 spiro atoms. The maximum atomic E-state index is 13.2. The average molecular weight is 277 g/mol. The van der Waals surface area contributed by atoms with E-state index in [0.29, 0.717) is 12.5 Å². The molecule has 0 aliphatic carbocycles. The van der Waals surface area contributed by atoms with Crippen LogP contribution >= 0.6 is 24.8 Å². The maximum absolute atomic E-state index is 13.2. The number of hydrogen-bond donors (Lipinski definition) is 1. The van der Waals surface area contributed by atoms with Crippen molar-refractivity contribution >= 4 is 24.8 Å². The van der Waals surface area contributed by atoms with E-state index in [2.05, 4.69) is 5.32 Å². The lowest BCUT2D eigenvalue weighted by Crippen LogP contribution is -2.50. The minimum atomic E-state index is -2.44. The highest BCUT2D eigenvalue weighted by atomic mass is 35.5. The minimum Gasteiger partial charge on any atom is -0.317 e. The minimum absolute atomic E-state index is 0. The Morgan fingerprint density at radius 3 is 2.31 bits per heavy atom. The highest BCUT2D eigenvalue weighted by molar-refractivity contribution is 5.85. The Balaban J connectivity index is 0.00000112. The second kappa shape index (κ2) is 6.94. The van der Waals surface area contributed by atoms with E-state index in [4.69, 9.17) is 0 Å². The van der Waals surface area contributed by atoms with Gasteiger partial charge in [-0.15, -0.1) is 24.8 Å². The van der Waals surface area contributed by atoms with Gasteiger partial charge in [0.25, 0.3) is 5.92 Å². The summed E-state index contributed by atoms with van der Waals surface area (Å²) < 4.78 is 26.3. The predicted octanol–water partition coefficient (Wildman–Crippen LogP) is 2.31. The van der Waals surface area contributed by atoms with E-state index in [1.807, 2.05) is 4.90 Å². The summed E-state index contributed by atoms with van der Waals surface area (Å²) in [6.07, 6.45) is 2.78. The van der Waals surface area contributed by atoms with E-state index in [1.54, 1.807) is 0 Å². The van der Waals surface area contributed by atoms with Gasteiger partial charge in [0.1, 0.15) is 0 Å². The average Bonchev–Trinajstić information content (AvgIpc) is 2.18. The highest BCUT2D eigenvalue weighted by Gasteiger charge is 2.37. The fraction of sp³-hybridized carbons (Fsp3) is 1.00. The zero-order valence-electron chi connectivity index (χ0n) is 9.25. The number of rotatable bonds is 1. The summed E-state index contributed by atoms with van der Waals surface area (Å²) in [6, 6.07) is 0.391. The molecule has 1 N–H and O–H groups in total. The Bertz CT molecular complexity index is 199. The Morgan fingerprint density at radius 2 is 1.75 bits per heavy atom. The fourth-order valence-corrected chi connectivity index (χ4v) is 2.48. The summed E-state index contributed by atoms with van der Waals surface area (Å²) in [5.41, 5.74) is 0. The third-order valence-electron chi connectivity index (χ3n) is 3.25. The molecule has 16 heavy (non-hydrogen) atoms. The lowest BCUT2D eigenvalue weighted by atomic mass is 9.99. The van der Waals surface area contributed by atoms with Gasteiger partial charge in [0.2, 0.25) is 0 Å². The standard InChI is InChI=1S/C10H18F2N2.2ClH/c11-10(12)4-1-7-14(8-10)9-2-5-13-6-3-9;;/h9,13H,1-8H2;2*1H. The number of piperidine rings is 2. The number of likely N-dealkylation sites (tertiary alicyclic amines) is 1. The third-order valence-corrected chi connectivity index (χ3v) is 3.25. The molecular weight excluding hydrogens is 257 g/mol. The summed E-state index contributed by atoms with van der Waals surface area (Å²) in [5, 5.41) is 3.26. The molecule has 6 heteroatoms. The van der Waals surface area contributed by atoms with Gasteiger partial charge in [-0.05, 0) is 38.9 Å². The van der Waals surface area contributed by atoms with Gasteiger partial charge in [0.15, 0.2) is 0 Å². The van der Waals surface area contributed by atoms with Crippen molar-refractivity contribution in [1.29, 1.82) is 0 Å². The molecule has 0 aromatic carbocycles. The summed E-state index contributed by atoms with van der Waals surface area (Å²) in [5.74, 6) is -2.44. The Morgan fingerprint density at radius 1 is 1.12 bits per heavy atom. The van der Waals surface area contributed by atoms with Crippen molar-refractivity contribution < 1.29 is 8.78 Å². The molecule has 0 unspecified atom stereocenters. The summed E-state index contributed by atoms with van der Waals surface area (Å²) in [4.78, 5) is 1.99. The molecule has 2 heterocycles. The molecule has 98 valence electrons. The van der Waals surface area contributed by atoms with Gasteiger partial charge in [-0.1, -0.05) is 0 Å². The lowest BCUT2D eigenvalue weighted by molar-refractivity contribution is -0.0776. The topological polar surface area (TPSA) is 15.3 Å². The fourth-order valence-electron chi connectivity index (χ4n) is 2.48. The van der Waals surface area contributed by atoms with Crippen molar-refractivity contribution in [2.75, 3.05) is 26.2 Å². The van der Waals surface area contributed by atoms with E-state index in [1.165, 1.54) is 0 Å². The van der Waals surface area contributed by atoms with Crippen molar-refractivity contribution in [1.82, 2.24) is 10.2 Å². The van der Waals surface area contributed by atoms with Crippen LogP contribution in [0.15, 0.2) is 0 Å². The number of nitrogens with zero attached hydrogens (tertiary/aromatic N) is 1. The summed E-state index contributed by atoms with van der Waals surface area (Å²) in [6.45, 7) is 2.80. The van der Waals surface area contributed by atoms with Gasteiger partial charge in [-0.25, -0.2) is 8.78 Å². The highest BCUT2D eigenvalue weighted by Crippen LogP contribution is 2.29. The first kappa shape index (κ1) is 16.4. The molecule has 2 nitrogen and oxygen atoms in total. The molecule has 2 saturated heterocycles. The number of halogens is 4. The predicted molar refractivity (Wildman–Crippen MR) is 66.1 cm³/mol. The molecule has 2 fully saturated rings. The summed E-state index contributed by atoms with van der Waals surface area (Å²) >= 11 is 0. The first-order valence-corrected chi connectivity index (χ1v) is 5.50. The quantitative estimate of drug-likeness (QED) is 0.791. The molecule has 0 aromatic heterocycles. The first-order chi connectivity index (χ1) is 6.67. The van der Waals surface area contributed by atoms with Crippen LogP contribution in [-0.4, -0.2) is 43.0 Å². The van der Waals surface area contributed by atoms with E-state index in [9.17, 15) is 8.78 Å². The largest absolute Gasteiger partial charge is 0.317 e. The Labute approximate surface area is 108 Å². The van der Waals surface area contributed by atoms with Crippen LogP contribution in [0.4, 0.5) is 8.78 Å². The van der Waals surface area contributed by atoms with E-state index in [0.717, 1.165) is 32.5 Å². The van der Waals surface area contributed by atoms with Crippen LogP contribution in [0.1, 0.15) is 25.7 Å². The molecule has 0 saturated carbocycles. The summed E-state index contributed by atoms with van der Waals surface area (Å²) in [7, 11) is 0. The second-order valence-electron chi connectivity index (χ2n) is 4.41. The SMILES string of the molecule is Cl.Cl.FC1(F)CCCN(C2CCNCC2)C1. The van der Waals surface area contributed by atoms with Gasteiger partial charge >= 0.3 is 0 Å². The van der Waals surface area contributed by atoms with Gasteiger partial charge in [-0.2, -0.15) is 0 Å². The van der Waals surface area contributed by atoms with Gasteiger partial charge < -0.3 is 5.32 Å². The maximum Gasteiger partial charge on any atom is 0.260 e.